The summed E-state index contributed by atoms with van der Waals surface area (Å²) in [6.07, 6.45) is 1.28. The summed E-state index contributed by atoms with van der Waals surface area (Å²) >= 11 is 12.0. The zero-order valence-electron chi connectivity index (χ0n) is 17.3. The van der Waals surface area contributed by atoms with E-state index in [0.717, 1.165) is 24.4 Å². The lowest BCUT2D eigenvalue weighted by Crippen LogP contribution is -2.47. The van der Waals surface area contributed by atoms with Crippen molar-refractivity contribution in [1.82, 2.24) is 20.4 Å². The van der Waals surface area contributed by atoms with Gasteiger partial charge in [0.15, 0.2) is 0 Å². The first-order valence-electron chi connectivity index (χ1n) is 9.72. The topological polar surface area (TPSA) is 76.0 Å². The van der Waals surface area contributed by atoms with Crippen LogP contribution in [0, 0.1) is 19.8 Å². The van der Waals surface area contributed by atoms with Crippen molar-refractivity contribution in [1.29, 1.82) is 0 Å². The third-order valence-corrected chi connectivity index (χ3v) is 5.00. The number of hydrogen-bond acceptors (Lipinski definition) is 3. The second-order valence-corrected chi connectivity index (χ2v) is 8.42. The molecule has 29 heavy (non-hydrogen) atoms. The summed E-state index contributed by atoms with van der Waals surface area (Å²) in [6, 6.07) is 6.05. The second-order valence-electron chi connectivity index (χ2n) is 7.57. The Bertz CT molecular complexity index is 864. The fourth-order valence-corrected chi connectivity index (χ4v) is 3.57. The van der Waals surface area contributed by atoms with Crippen molar-refractivity contribution in [3.05, 3.63) is 51.3 Å². The van der Waals surface area contributed by atoms with Crippen LogP contribution in [0.15, 0.2) is 24.3 Å². The summed E-state index contributed by atoms with van der Waals surface area (Å²) in [7, 11) is 0. The number of rotatable bonds is 9. The molecule has 2 N–H and O–H groups in total. The van der Waals surface area contributed by atoms with E-state index in [4.69, 9.17) is 23.2 Å². The largest absolute Gasteiger partial charge is 0.354 e. The molecule has 8 heteroatoms. The molecule has 2 amide bonds. The van der Waals surface area contributed by atoms with Gasteiger partial charge < -0.3 is 10.6 Å². The molecule has 0 radical (unpaired) electrons. The van der Waals surface area contributed by atoms with E-state index in [1.165, 1.54) is 6.07 Å². The molecule has 0 bridgehead atoms. The number of benzene rings is 1. The zero-order chi connectivity index (χ0) is 21.6. The van der Waals surface area contributed by atoms with Crippen molar-refractivity contribution in [3.8, 4) is 0 Å². The van der Waals surface area contributed by atoms with Crippen molar-refractivity contribution in [2.75, 3.05) is 6.54 Å². The average Bonchev–Trinajstić information content (AvgIpc) is 2.94. The monoisotopic (exact) mass is 438 g/mol. The van der Waals surface area contributed by atoms with Crippen LogP contribution in [0.3, 0.4) is 0 Å². The number of nitrogens with one attached hydrogen (secondary N) is 2. The maximum Gasteiger partial charge on any atom is 0.253 e. The van der Waals surface area contributed by atoms with Crippen LogP contribution in [-0.2, 0) is 11.3 Å². The van der Waals surface area contributed by atoms with E-state index in [-0.39, 0.29) is 16.8 Å². The molecule has 0 unspecified atom stereocenters. The molecule has 1 heterocycles. The van der Waals surface area contributed by atoms with Gasteiger partial charge in [0.25, 0.3) is 5.91 Å². The van der Waals surface area contributed by atoms with Gasteiger partial charge in [-0.3, -0.25) is 14.3 Å². The van der Waals surface area contributed by atoms with Crippen LogP contribution < -0.4 is 10.6 Å². The van der Waals surface area contributed by atoms with E-state index in [9.17, 15) is 9.59 Å². The highest BCUT2D eigenvalue weighted by Gasteiger charge is 2.23. The number of carbonyl (C=O) groups excluding carboxylic acids is 2. The number of carbonyl (C=O) groups is 2. The summed E-state index contributed by atoms with van der Waals surface area (Å²) < 4.78 is 1.93. The predicted octanol–water partition coefficient (Wildman–Crippen LogP) is 4.16. The Labute approximate surface area is 182 Å². The number of nitrogens with zero attached hydrogens (tertiary/aromatic N) is 2. The van der Waals surface area contributed by atoms with Crippen molar-refractivity contribution in [3.63, 3.8) is 0 Å². The van der Waals surface area contributed by atoms with Crippen LogP contribution in [0.5, 0.6) is 0 Å². The molecule has 0 aliphatic heterocycles. The standard InChI is InChI=1S/C21H28Cl2N4O2/c1-13(2)10-19(25-20(28)17-7-6-16(22)12-18(17)23)21(29)24-8-5-9-27-15(4)11-14(3)26-27/h6-7,11-13,19H,5,8-10H2,1-4H3,(H,24,29)(H,25,28)/t19-/m1/s1. The van der Waals surface area contributed by atoms with Crippen LogP contribution in [0.1, 0.15) is 48.4 Å². The summed E-state index contributed by atoms with van der Waals surface area (Å²) in [5.41, 5.74) is 2.37. The van der Waals surface area contributed by atoms with Gasteiger partial charge in [-0.15, -0.1) is 0 Å². The van der Waals surface area contributed by atoms with Gasteiger partial charge in [0.05, 0.1) is 16.3 Å². The van der Waals surface area contributed by atoms with E-state index in [2.05, 4.69) is 15.7 Å². The van der Waals surface area contributed by atoms with Gasteiger partial charge in [-0.2, -0.15) is 5.10 Å². The van der Waals surface area contributed by atoms with Gasteiger partial charge in [-0.25, -0.2) is 0 Å². The first-order chi connectivity index (χ1) is 13.7. The molecule has 0 spiro atoms. The lowest BCUT2D eigenvalue weighted by atomic mass is 10.0. The second kappa shape index (κ2) is 10.6. The summed E-state index contributed by atoms with van der Waals surface area (Å²) in [5, 5.41) is 10.8. The van der Waals surface area contributed by atoms with E-state index < -0.39 is 11.9 Å². The molecule has 1 atom stereocenters. The number of aryl methyl sites for hydroxylation is 3. The van der Waals surface area contributed by atoms with Crippen molar-refractivity contribution < 1.29 is 9.59 Å². The van der Waals surface area contributed by atoms with Crippen LogP contribution in [-0.4, -0.2) is 34.2 Å². The quantitative estimate of drug-likeness (QED) is 0.577. The summed E-state index contributed by atoms with van der Waals surface area (Å²) in [5.74, 6) is -0.359. The third kappa shape index (κ3) is 7.05. The number of halogens is 2. The number of hydrogen-bond donors (Lipinski definition) is 2. The van der Waals surface area contributed by atoms with Gasteiger partial charge in [0.2, 0.25) is 5.91 Å². The maximum atomic E-state index is 12.7. The highest BCUT2D eigenvalue weighted by Crippen LogP contribution is 2.21. The highest BCUT2D eigenvalue weighted by molar-refractivity contribution is 6.36. The Morgan fingerprint density at radius 2 is 1.90 bits per heavy atom. The molecule has 0 saturated heterocycles. The van der Waals surface area contributed by atoms with E-state index in [0.29, 0.717) is 23.6 Å². The molecular formula is C21H28Cl2N4O2. The molecule has 0 fully saturated rings. The summed E-state index contributed by atoms with van der Waals surface area (Å²) in [4.78, 5) is 25.3. The Kier molecular flexibility index (Phi) is 8.53. The minimum Gasteiger partial charge on any atom is -0.354 e. The summed E-state index contributed by atoms with van der Waals surface area (Å²) in [6.45, 7) is 9.20. The Balaban J connectivity index is 1.93. The SMILES string of the molecule is Cc1cc(C)n(CCCNC(=O)[C@@H](CC(C)C)NC(=O)c2ccc(Cl)cc2Cl)n1. The first kappa shape index (κ1) is 23.2. The minimum atomic E-state index is -0.636. The maximum absolute atomic E-state index is 12.7. The molecule has 2 rings (SSSR count). The van der Waals surface area contributed by atoms with Gasteiger partial charge >= 0.3 is 0 Å². The molecule has 1 aromatic heterocycles. The van der Waals surface area contributed by atoms with Gasteiger partial charge in [-0.1, -0.05) is 37.0 Å². The number of aromatic nitrogens is 2. The molecule has 2 aromatic rings. The smallest absolute Gasteiger partial charge is 0.253 e. The Morgan fingerprint density at radius 1 is 1.17 bits per heavy atom. The van der Waals surface area contributed by atoms with Gasteiger partial charge in [0.1, 0.15) is 6.04 Å². The van der Waals surface area contributed by atoms with Crippen molar-refractivity contribution in [2.24, 2.45) is 5.92 Å². The van der Waals surface area contributed by atoms with Crippen LogP contribution >= 0.6 is 23.2 Å². The lowest BCUT2D eigenvalue weighted by molar-refractivity contribution is -0.123. The highest BCUT2D eigenvalue weighted by atomic mass is 35.5. The molecule has 1 aromatic carbocycles. The Hall–Kier alpha value is -2.05. The fourth-order valence-electron chi connectivity index (χ4n) is 3.08. The minimum absolute atomic E-state index is 0.203. The number of amides is 2. The molecule has 6 nitrogen and oxygen atoms in total. The Morgan fingerprint density at radius 3 is 2.48 bits per heavy atom. The zero-order valence-corrected chi connectivity index (χ0v) is 18.8. The molecule has 0 aliphatic carbocycles. The van der Waals surface area contributed by atoms with Crippen molar-refractivity contribution >= 4 is 35.0 Å². The third-order valence-electron chi connectivity index (χ3n) is 4.45. The first-order valence-corrected chi connectivity index (χ1v) is 10.5. The molecule has 0 aliphatic rings. The fraction of sp³-hybridized carbons (Fsp3) is 0.476. The van der Waals surface area contributed by atoms with Crippen molar-refractivity contribution in [2.45, 2.75) is 53.1 Å². The van der Waals surface area contributed by atoms with E-state index >= 15 is 0 Å². The van der Waals surface area contributed by atoms with Crippen LogP contribution in [0.2, 0.25) is 10.0 Å². The molecular weight excluding hydrogens is 411 g/mol. The van der Waals surface area contributed by atoms with E-state index in [1.54, 1.807) is 12.1 Å². The molecule has 158 valence electrons. The van der Waals surface area contributed by atoms with Gasteiger partial charge in [0, 0.05) is 23.8 Å². The van der Waals surface area contributed by atoms with Crippen LogP contribution in [0.4, 0.5) is 0 Å². The van der Waals surface area contributed by atoms with Gasteiger partial charge in [-0.05, 0) is 56.9 Å². The average molecular weight is 439 g/mol. The molecule has 0 saturated carbocycles. The normalized spacial score (nSPS) is 12.1. The van der Waals surface area contributed by atoms with E-state index in [1.807, 2.05) is 38.4 Å². The predicted molar refractivity (Wildman–Crippen MR) is 116 cm³/mol. The lowest BCUT2D eigenvalue weighted by Gasteiger charge is -2.20. The van der Waals surface area contributed by atoms with Crippen LogP contribution in [0.25, 0.3) is 0 Å².